The lowest BCUT2D eigenvalue weighted by molar-refractivity contribution is -0.133. The first-order valence-electron chi connectivity index (χ1n) is 9.65. The van der Waals surface area contributed by atoms with Crippen LogP contribution in [-0.4, -0.2) is 29.4 Å². The van der Waals surface area contributed by atoms with Gasteiger partial charge >= 0.3 is 0 Å². The van der Waals surface area contributed by atoms with Crippen molar-refractivity contribution in [2.75, 3.05) is 13.7 Å². The highest BCUT2D eigenvalue weighted by atomic mass is 19.1. The average molecular weight is 400 g/mol. The van der Waals surface area contributed by atoms with Crippen LogP contribution in [0.1, 0.15) is 17.3 Å². The van der Waals surface area contributed by atoms with Gasteiger partial charge in [-0.15, -0.1) is 0 Å². The number of halogens is 1. The molecule has 30 heavy (non-hydrogen) atoms. The summed E-state index contributed by atoms with van der Waals surface area (Å²) >= 11 is 0. The van der Waals surface area contributed by atoms with Crippen LogP contribution in [-0.2, 0) is 4.79 Å². The Morgan fingerprint density at radius 3 is 2.53 bits per heavy atom. The predicted octanol–water partition coefficient (Wildman–Crippen LogP) is 5.00. The highest BCUT2D eigenvalue weighted by Gasteiger charge is 2.25. The van der Waals surface area contributed by atoms with Gasteiger partial charge in [-0.3, -0.25) is 9.78 Å². The minimum absolute atomic E-state index is 0.131. The Morgan fingerprint density at radius 2 is 1.77 bits per heavy atom. The fraction of sp³-hybridized carbons (Fsp3) is 0.120. The van der Waals surface area contributed by atoms with Gasteiger partial charge in [-0.2, -0.15) is 0 Å². The number of likely N-dealkylation sites (N-methyl/N-ethyl adjacent to an activating group) is 1. The van der Waals surface area contributed by atoms with Crippen molar-refractivity contribution in [2.24, 2.45) is 0 Å². The molecular weight excluding hydrogens is 379 g/mol. The van der Waals surface area contributed by atoms with Crippen LogP contribution in [0.4, 0.5) is 4.39 Å². The van der Waals surface area contributed by atoms with Crippen LogP contribution < -0.4 is 4.74 Å². The highest BCUT2D eigenvalue weighted by Crippen LogP contribution is 2.27. The fourth-order valence-corrected chi connectivity index (χ4v) is 3.46. The van der Waals surface area contributed by atoms with Crippen molar-refractivity contribution in [2.45, 2.75) is 6.04 Å². The van der Waals surface area contributed by atoms with Gasteiger partial charge in [-0.05, 0) is 52.7 Å². The second kappa shape index (κ2) is 8.74. The Balaban J connectivity index is 1.54. The lowest BCUT2D eigenvalue weighted by Crippen LogP contribution is -2.35. The Morgan fingerprint density at radius 1 is 0.967 bits per heavy atom. The second-order valence-corrected chi connectivity index (χ2v) is 7.01. The van der Waals surface area contributed by atoms with Crippen LogP contribution in [0.3, 0.4) is 0 Å². The molecule has 0 N–H and O–H groups in total. The maximum Gasteiger partial charge on any atom is 0.261 e. The largest absolute Gasteiger partial charge is 0.484 e. The van der Waals surface area contributed by atoms with Crippen molar-refractivity contribution >= 4 is 16.7 Å². The van der Waals surface area contributed by atoms with Crippen molar-refractivity contribution in [3.8, 4) is 5.75 Å². The average Bonchev–Trinajstić information content (AvgIpc) is 2.78. The van der Waals surface area contributed by atoms with E-state index in [-0.39, 0.29) is 18.3 Å². The first-order valence-corrected chi connectivity index (χ1v) is 9.65. The molecule has 1 atom stereocenters. The van der Waals surface area contributed by atoms with E-state index in [2.05, 4.69) is 4.98 Å². The molecule has 4 rings (SSSR count). The molecule has 0 aliphatic heterocycles. The van der Waals surface area contributed by atoms with E-state index in [1.54, 1.807) is 31.4 Å². The third-order valence-corrected chi connectivity index (χ3v) is 5.00. The molecule has 0 spiro atoms. The van der Waals surface area contributed by atoms with Gasteiger partial charge in [0.1, 0.15) is 11.6 Å². The standard InChI is InChI=1S/C25H21FN2O2/c1-28(24(29)17-30-22-13-12-18-7-2-3-8-19(18)16-22)25(23-11-4-5-14-27-23)20-9-6-10-21(26)15-20/h2-16,25H,17H2,1H3/t25-/m0/s1. The Labute approximate surface area is 174 Å². The zero-order chi connectivity index (χ0) is 20.9. The van der Waals surface area contributed by atoms with Gasteiger partial charge in [-0.1, -0.05) is 48.5 Å². The van der Waals surface area contributed by atoms with E-state index in [9.17, 15) is 9.18 Å². The molecule has 0 aliphatic carbocycles. The Bertz CT molecular complexity index is 1160. The van der Waals surface area contributed by atoms with Crippen molar-refractivity contribution in [1.82, 2.24) is 9.88 Å². The van der Waals surface area contributed by atoms with Gasteiger partial charge in [0.05, 0.1) is 11.7 Å². The monoisotopic (exact) mass is 400 g/mol. The molecule has 1 heterocycles. The number of fused-ring (bicyclic) bond motifs is 1. The second-order valence-electron chi connectivity index (χ2n) is 7.01. The molecule has 150 valence electrons. The van der Waals surface area contributed by atoms with Gasteiger partial charge in [0.25, 0.3) is 5.91 Å². The fourth-order valence-electron chi connectivity index (χ4n) is 3.46. The van der Waals surface area contributed by atoms with E-state index >= 15 is 0 Å². The predicted molar refractivity (Wildman–Crippen MR) is 115 cm³/mol. The van der Waals surface area contributed by atoms with Crippen molar-refractivity contribution in [3.05, 3.63) is 108 Å². The number of aromatic nitrogens is 1. The van der Waals surface area contributed by atoms with Gasteiger partial charge in [-0.25, -0.2) is 4.39 Å². The summed E-state index contributed by atoms with van der Waals surface area (Å²) < 4.78 is 19.6. The number of pyridine rings is 1. The number of benzene rings is 3. The summed E-state index contributed by atoms with van der Waals surface area (Å²) in [5.74, 6) is 0.0281. The van der Waals surface area contributed by atoms with Crippen LogP contribution in [0.15, 0.2) is 91.1 Å². The summed E-state index contributed by atoms with van der Waals surface area (Å²) in [4.78, 5) is 18.9. The van der Waals surface area contributed by atoms with E-state index in [1.807, 2.05) is 54.6 Å². The molecule has 0 aliphatic rings. The SMILES string of the molecule is CN(C(=O)COc1ccc2ccccc2c1)[C@@H](c1cccc(F)c1)c1ccccn1. The molecule has 3 aromatic carbocycles. The summed E-state index contributed by atoms with van der Waals surface area (Å²) in [6.45, 7) is -0.131. The van der Waals surface area contributed by atoms with E-state index < -0.39 is 6.04 Å². The number of carbonyl (C=O) groups excluding carboxylic acids is 1. The molecule has 1 amide bonds. The van der Waals surface area contributed by atoms with Crippen LogP contribution in [0.25, 0.3) is 10.8 Å². The minimum atomic E-state index is -0.519. The number of carbonyl (C=O) groups is 1. The van der Waals surface area contributed by atoms with E-state index in [0.29, 0.717) is 17.0 Å². The number of ether oxygens (including phenoxy) is 1. The molecule has 0 fully saturated rings. The van der Waals surface area contributed by atoms with E-state index in [0.717, 1.165) is 10.8 Å². The topological polar surface area (TPSA) is 42.4 Å². The van der Waals surface area contributed by atoms with Gasteiger partial charge in [0, 0.05) is 13.2 Å². The van der Waals surface area contributed by atoms with Crippen molar-refractivity contribution < 1.29 is 13.9 Å². The normalized spacial score (nSPS) is 11.8. The first kappa shape index (κ1) is 19.6. The smallest absolute Gasteiger partial charge is 0.261 e. The highest BCUT2D eigenvalue weighted by molar-refractivity contribution is 5.84. The molecule has 4 nitrogen and oxygen atoms in total. The molecular formula is C25H21FN2O2. The maximum atomic E-state index is 13.9. The number of nitrogens with zero attached hydrogens (tertiary/aromatic N) is 2. The zero-order valence-electron chi connectivity index (χ0n) is 16.5. The van der Waals surface area contributed by atoms with E-state index in [4.69, 9.17) is 4.74 Å². The van der Waals surface area contributed by atoms with Crippen molar-refractivity contribution in [1.29, 1.82) is 0 Å². The molecule has 0 bridgehead atoms. The lowest BCUT2D eigenvalue weighted by Gasteiger charge is -2.28. The summed E-state index contributed by atoms with van der Waals surface area (Å²) in [6.07, 6.45) is 1.66. The van der Waals surface area contributed by atoms with Crippen LogP contribution in [0.2, 0.25) is 0 Å². The third-order valence-electron chi connectivity index (χ3n) is 5.00. The molecule has 5 heteroatoms. The lowest BCUT2D eigenvalue weighted by atomic mass is 10.0. The molecule has 0 unspecified atom stereocenters. The quantitative estimate of drug-likeness (QED) is 0.457. The molecule has 0 radical (unpaired) electrons. The molecule has 0 saturated carbocycles. The number of hydrogen-bond donors (Lipinski definition) is 0. The number of hydrogen-bond acceptors (Lipinski definition) is 3. The summed E-state index contributed by atoms with van der Waals surface area (Å²) in [6, 6.07) is 24.8. The number of amides is 1. The number of rotatable bonds is 6. The minimum Gasteiger partial charge on any atom is -0.484 e. The van der Waals surface area contributed by atoms with Gasteiger partial charge < -0.3 is 9.64 Å². The van der Waals surface area contributed by atoms with E-state index in [1.165, 1.54) is 17.0 Å². The molecule has 1 aromatic heterocycles. The van der Waals surface area contributed by atoms with Crippen molar-refractivity contribution in [3.63, 3.8) is 0 Å². The third kappa shape index (κ3) is 4.30. The maximum absolute atomic E-state index is 13.9. The molecule has 0 saturated heterocycles. The Hall–Kier alpha value is -3.73. The first-order chi connectivity index (χ1) is 14.6. The van der Waals surface area contributed by atoms with Crippen LogP contribution >= 0.6 is 0 Å². The van der Waals surface area contributed by atoms with Gasteiger partial charge in [0.15, 0.2) is 6.61 Å². The summed E-state index contributed by atoms with van der Waals surface area (Å²) in [5, 5.41) is 2.15. The van der Waals surface area contributed by atoms with Crippen LogP contribution in [0.5, 0.6) is 5.75 Å². The summed E-state index contributed by atoms with van der Waals surface area (Å²) in [5.41, 5.74) is 1.31. The zero-order valence-corrected chi connectivity index (χ0v) is 16.5. The molecule has 4 aromatic rings. The summed E-state index contributed by atoms with van der Waals surface area (Å²) in [7, 11) is 1.68. The van der Waals surface area contributed by atoms with Gasteiger partial charge in [0.2, 0.25) is 0 Å². The van der Waals surface area contributed by atoms with Crippen LogP contribution in [0, 0.1) is 5.82 Å². The Kier molecular flexibility index (Phi) is 5.70.